The first kappa shape index (κ1) is 19.7. The molecule has 0 saturated heterocycles. The summed E-state index contributed by atoms with van der Waals surface area (Å²) in [6.07, 6.45) is 0. The molecule has 0 saturated carbocycles. The lowest BCUT2D eigenvalue weighted by atomic mass is 10.1. The van der Waals surface area contributed by atoms with Crippen molar-refractivity contribution in [2.24, 2.45) is 0 Å². The first-order valence-electron chi connectivity index (χ1n) is 8.53. The molecule has 138 valence electrons. The molecular weight excluding hydrogens is 348 g/mol. The maximum Gasteiger partial charge on any atom is 0.338 e. The fraction of sp³-hybridized carbons (Fsp3) is 0.300. The van der Waals surface area contributed by atoms with Gasteiger partial charge in [-0.1, -0.05) is 24.3 Å². The normalized spacial score (nSPS) is 11.3. The van der Waals surface area contributed by atoms with Crippen molar-refractivity contribution >= 4 is 29.0 Å². The van der Waals surface area contributed by atoms with Gasteiger partial charge in [-0.15, -0.1) is 0 Å². The van der Waals surface area contributed by atoms with Crippen LogP contribution in [0.1, 0.15) is 29.8 Å². The van der Waals surface area contributed by atoms with Gasteiger partial charge in [0.2, 0.25) is 0 Å². The second-order valence-corrected chi connectivity index (χ2v) is 6.23. The Bertz CT molecular complexity index is 750. The lowest BCUT2D eigenvalue weighted by molar-refractivity contribution is 0.0525. The number of rotatable bonds is 7. The SMILES string of the molecule is CCOC(=O)c1cccc(NC(=S)NC(C)COc2ccccc2)c1C. The average Bonchev–Trinajstić information content (AvgIpc) is 2.62. The Morgan fingerprint density at radius 3 is 2.58 bits per heavy atom. The van der Waals surface area contributed by atoms with E-state index in [1.165, 1.54) is 0 Å². The molecule has 0 aliphatic carbocycles. The Balaban J connectivity index is 1.91. The van der Waals surface area contributed by atoms with Gasteiger partial charge in [-0.05, 0) is 62.8 Å². The number of ether oxygens (including phenoxy) is 2. The van der Waals surface area contributed by atoms with E-state index < -0.39 is 0 Å². The molecule has 0 aliphatic rings. The van der Waals surface area contributed by atoms with Crippen LogP contribution in [0.25, 0.3) is 0 Å². The molecule has 0 bridgehead atoms. The Hall–Kier alpha value is -2.60. The Kier molecular flexibility index (Phi) is 7.41. The molecule has 1 unspecified atom stereocenters. The summed E-state index contributed by atoms with van der Waals surface area (Å²) in [6, 6.07) is 15.1. The molecule has 6 heteroatoms. The first-order valence-corrected chi connectivity index (χ1v) is 8.94. The highest BCUT2D eigenvalue weighted by Gasteiger charge is 2.13. The van der Waals surface area contributed by atoms with Gasteiger partial charge in [0.1, 0.15) is 12.4 Å². The second kappa shape index (κ2) is 9.77. The molecule has 5 nitrogen and oxygen atoms in total. The van der Waals surface area contributed by atoms with Crippen LogP contribution in [0.15, 0.2) is 48.5 Å². The van der Waals surface area contributed by atoms with Crippen molar-refractivity contribution in [2.75, 3.05) is 18.5 Å². The number of benzene rings is 2. The minimum Gasteiger partial charge on any atom is -0.491 e. The molecule has 0 aliphatic heterocycles. The maximum absolute atomic E-state index is 12.0. The minimum atomic E-state index is -0.336. The number of esters is 1. The Morgan fingerprint density at radius 2 is 1.88 bits per heavy atom. The van der Waals surface area contributed by atoms with Crippen LogP contribution in [-0.4, -0.2) is 30.3 Å². The highest BCUT2D eigenvalue weighted by molar-refractivity contribution is 7.80. The molecule has 26 heavy (non-hydrogen) atoms. The summed E-state index contributed by atoms with van der Waals surface area (Å²) in [5, 5.41) is 6.78. The zero-order valence-corrected chi connectivity index (χ0v) is 16.1. The number of thiocarbonyl (C=S) groups is 1. The summed E-state index contributed by atoms with van der Waals surface area (Å²) in [7, 11) is 0. The summed E-state index contributed by atoms with van der Waals surface area (Å²) < 4.78 is 10.8. The number of hydrogen-bond donors (Lipinski definition) is 2. The topological polar surface area (TPSA) is 59.6 Å². The fourth-order valence-electron chi connectivity index (χ4n) is 2.36. The monoisotopic (exact) mass is 372 g/mol. The largest absolute Gasteiger partial charge is 0.491 e. The zero-order valence-electron chi connectivity index (χ0n) is 15.2. The molecule has 2 N–H and O–H groups in total. The highest BCUT2D eigenvalue weighted by Crippen LogP contribution is 2.20. The molecule has 0 spiro atoms. The quantitative estimate of drug-likeness (QED) is 0.567. The van der Waals surface area contributed by atoms with E-state index in [1.54, 1.807) is 19.1 Å². The fourth-order valence-corrected chi connectivity index (χ4v) is 2.67. The smallest absolute Gasteiger partial charge is 0.338 e. The van der Waals surface area contributed by atoms with E-state index in [9.17, 15) is 4.79 Å². The Labute approximate surface area is 159 Å². The van der Waals surface area contributed by atoms with Crippen LogP contribution in [0.5, 0.6) is 5.75 Å². The van der Waals surface area contributed by atoms with Crippen molar-refractivity contribution < 1.29 is 14.3 Å². The number of hydrogen-bond acceptors (Lipinski definition) is 4. The number of anilines is 1. The van der Waals surface area contributed by atoms with E-state index in [0.717, 1.165) is 17.0 Å². The maximum atomic E-state index is 12.0. The van der Waals surface area contributed by atoms with Gasteiger partial charge in [0.25, 0.3) is 0 Å². The Morgan fingerprint density at radius 1 is 1.15 bits per heavy atom. The molecule has 0 heterocycles. The third kappa shape index (κ3) is 5.74. The van der Waals surface area contributed by atoms with Gasteiger partial charge in [0.15, 0.2) is 5.11 Å². The predicted molar refractivity (Wildman–Crippen MR) is 108 cm³/mol. The summed E-state index contributed by atoms with van der Waals surface area (Å²) in [5.41, 5.74) is 2.09. The van der Waals surface area contributed by atoms with Crippen molar-refractivity contribution in [1.29, 1.82) is 0 Å². The number of para-hydroxylation sites is 1. The van der Waals surface area contributed by atoms with Gasteiger partial charge < -0.3 is 20.1 Å². The van der Waals surface area contributed by atoms with Crippen LogP contribution >= 0.6 is 12.2 Å². The first-order chi connectivity index (χ1) is 12.5. The van der Waals surface area contributed by atoms with Crippen molar-refractivity contribution in [3.63, 3.8) is 0 Å². The van der Waals surface area contributed by atoms with E-state index in [-0.39, 0.29) is 12.0 Å². The van der Waals surface area contributed by atoms with E-state index in [4.69, 9.17) is 21.7 Å². The predicted octanol–water partition coefficient (Wildman–Crippen LogP) is 3.93. The van der Waals surface area contributed by atoms with Gasteiger partial charge in [-0.2, -0.15) is 0 Å². The van der Waals surface area contributed by atoms with Crippen molar-refractivity contribution in [3.8, 4) is 5.75 Å². The number of nitrogens with one attached hydrogen (secondary N) is 2. The van der Waals surface area contributed by atoms with Crippen LogP contribution in [0, 0.1) is 6.92 Å². The molecule has 1 atom stereocenters. The van der Waals surface area contributed by atoms with E-state index in [2.05, 4.69) is 10.6 Å². The second-order valence-electron chi connectivity index (χ2n) is 5.82. The molecule has 0 radical (unpaired) electrons. The molecule has 2 rings (SSSR count). The molecule has 0 amide bonds. The summed E-state index contributed by atoms with van der Waals surface area (Å²) >= 11 is 5.37. The number of carbonyl (C=O) groups is 1. The van der Waals surface area contributed by atoms with Crippen molar-refractivity contribution in [3.05, 3.63) is 59.7 Å². The van der Waals surface area contributed by atoms with Crippen LogP contribution < -0.4 is 15.4 Å². The number of carbonyl (C=O) groups excluding carboxylic acids is 1. The summed E-state index contributed by atoms with van der Waals surface area (Å²) in [6.45, 7) is 6.45. The van der Waals surface area contributed by atoms with Crippen LogP contribution in [0.2, 0.25) is 0 Å². The lowest BCUT2D eigenvalue weighted by Gasteiger charge is -2.19. The third-order valence-corrected chi connectivity index (χ3v) is 3.92. The van der Waals surface area contributed by atoms with E-state index in [1.807, 2.05) is 50.2 Å². The minimum absolute atomic E-state index is 0.0174. The van der Waals surface area contributed by atoms with Gasteiger partial charge in [0, 0.05) is 5.69 Å². The summed E-state index contributed by atoms with van der Waals surface area (Å²) in [5.74, 6) is 0.482. The molecular formula is C20H24N2O3S. The molecule has 2 aromatic carbocycles. The van der Waals surface area contributed by atoms with Gasteiger partial charge in [-0.25, -0.2) is 4.79 Å². The third-order valence-electron chi connectivity index (χ3n) is 3.70. The standard InChI is InChI=1S/C20H24N2O3S/c1-4-24-19(23)17-11-8-12-18(15(17)3)22-20(26)21-14(2)13-25-16-9-6-5-7-10-16/h5-12,14H,4,13H2,1-3H3,(H2,21,22,26). The van der Waals surface area contributed by atoms with Crippen LogP contribution in [0.3, 0.4) is 0 Å². The lowest BCUT2D eigenvalue weighted by Crippen LogP contribution is -2.39. The van der Waals surface area contributed by atoms with Crippen LogP contribution in [-0.2, 0) is 4.74 Å². The molecule has 0 aromatic heterocycles. The van der Waals surface area contributed by atoms with E-state index in [0.29, 0.717) is 23.9 Å². The van der Waals surface area contributed by atoms with Crippen molar-refractivity contribution in [1.82, 2.24) is 5.32 Å². The van der Waals surface area contributed by atoms with Crippen LogP contribution in [0.4, 0.5) is 5.69 Å². The average molecular weight is 372 g/mol. The van der Waals surface area contributed by atoms with E-state index >= 15 is 0 Å². The molecule has 2 aromatic rings. The van der Waals surface area contributed by atoms with Gasteiger partial charge >= 0.3 is 5.97 Å². The highest BCUT2D eigenvalue weighted by atomic mass is 32.1. The van der Waals surface area contributed by atoms with Gasteiger partial charge in [-0.3, -0.25) is 0 Å². The summed E-state index contributed by atoms with van der Waals surface area (Å²) in [4.78, 5) is 12.0. The van der Waals surface area contributed by atoms with Crippen molar-refractivity contribution in [2.45, 2.75) is 26.8 Å². The zero-order chi connectivity index (χ0) is 18.9. The molecule has 0 fully saturated rings. The van der Waals surface area contributed by atoms with Gasteiger partial charge in [0.05, 0.1) is 18.2 Å².